The molecule has 124 valence electrons. The predicted molar refractivity (Wildman–Crippen MR) is 97.3 cm³/mol. The van der Waals surface area contributed by atoms with E-state index in [0.717, 1.165) is 22.0 Å². The number of sulfone groups is 1. The minimum absolute atomic E-state index is 0.388. The molecule has 0 heterocycles. The molecule has 0 spiro atoms. The summed E-state index contributed by atoms with van der Waals surface area (Å²) in [7, 11) is -2.82. The van der Waals surface area contributed by atoms with Crippen molar-refractivity contribution in [2.24, 2.45) is 0 Å². The molecule has 2 aliphatic rings. The Balaban J connectivity index is 1.55. The van der Waals surface area contributed by atoms with Crippen LogP contribution in [-0.2, 0) is 9.84 Å². The molecule has 2 nitrogen and oxygen atoms in total. The van der Waals surface area contributed by atoms with Crippen LogP contribution in [0.15, 0.2) is 0 Å². The Morgan fingerprint density at radius 2 is 1.05 bits per heavy atom. The molecule has 2 fully saturated rings. The van der Waals surface area contributed by atoms with Crippen LogP contribution >= 0.6 is 23.5 Å². The van der Waals surface area contributed by atoms with Crippen molar-refractivity contribution in [3.05, 3.63) is 0 Å². The van der Waals surface area contributed by atoms with Crippen molar-refractivity contribution >= 4 is 33.4 Å². The van der Waals surface area contributed by atoms with Crippen LogP contribution in [0.1, 0.15) is 64.2 Å². The second-order valence-corrected chi connectivity index (χ2v) is 11.5. The monoisotopic (exact) mass is 350 g/mol. The molecule has 0 bridgehead atoms. The summed E-state index contributed by atoms with van der Waals surface area (Å²) in [5.74, 6) is 2.39. The van der Waals surface area contributed by atoms with Crippen LogP contribution in [0.3, 0.4) is 0 Å². The molecular weight excluding hydrogens is 320 g/mol. The van der Waals surface area contributed by atoms with E-state index in [0.29, 0.717) is 11.5 Å². The highest BCUT2D eigenvalue weighted by Crippen LogP contribution is 2.29. The largest absolute Gasteiger partial charge is 0.229 e. The fourth-order valence-corrected chi connectivity index (χ4v) is 8.25. The Morgan fingerprint density at radius 3 is 1.43 bits per heavy atom. The van der Waals surface area contributed by atoms with Gasteiger partial charge in [0.25, 0.3) is 0 Å². The van der Waals surface area contributed by atoms with Crippen LogP contribution in [-0.4, -0.2) is 41.9 Å². The fourth-order valence-electron chi connectivity index (χ4n) is 3.25. The molecule has 0 aromatic rings. The Morgan fingerprint density at radius 1 is 0.667 bits per heavy atom. The maximum absolute atomic E-state index is 12.1. The molecule has 0 atom stereocenters. The maximum atomic E-state index is 12.1. The summed E-state index contributed by atoms with van der Waals surface area (Å²) in [5.41, 5.74) is 0. The highest BCUT2D eigenvalue weighted by atomic mass is 32.2. The minimum Gasteiger partial charge on any atom is -0.229 e. The van der Waals surface area contributed by atoms with E-state index in [2.05, 4.69) is 0 Å². The first-order valence-corrected chi connectivity index (χ1v) is 12.5. The van der Waals surface area contributed by atoms with Crippen LogP contribution in [0.2, 0.25) is 0 Å². The van der Waals surface area contributed by atoms with Gasteiger partial charge in [0, 0.05) is 22.0 Å². The van der Waals surface area contributed by atoms with Gasteiger partial charge in [-0.15, -0.1) is 0 Å². The van der Waals surface area contributed by atoms with Crippen LogP contribution in [0.5, 0.6) is 0 Å². The van der Waals surface area contributed by atoms with Gasteiger partial charge in [0.15, 0.2) is 9.84 Å². The highest BCUT2D eigenvalue weighted by molar-refractivity contribution is 8.02. The van der Waals surface area contributed by atoms with E-state index < -0.39 is 9.84 Å². The average molecular weight is 351 g/mol. The molecule has 21 heavy (non-hydrogen) atoms. The zero-order chi connectivity index (χ0) is 15.0. The summed E-state index contributed by atoms with van der Waals surface area (Å²) in [6.45, 7) is 0. The topological polar surface area (TPSA) is 34.1 Å². The summed E-state index contributed by atoms with van der Waals surface area (Å²) in [6.07, 6.45) is 13.3. The summed E-state index contributed by atoms with van der Waals surface area (Å²) in [6, 6.07) is 0. The lowest BCUT2D eigenvalue weighted by Crippen LogP contribution is -2.18. The molecule has 5 heteroatoms. The zero-order valence-corrected chi connectivity index (χ0v) is 15.5. The molecule has 0 aromatic heterocycles. The van der Waals surface area contributed by atoms with Crippen molar-refractivity contribution in [2.75, 3.05) is 23.0 Å². The molecule has 2 aliphatic carbocycles. The molecule has 0 unspecified atom stereocenters. The third kappa shape index (κ3) is 7.65. The first kappa shape index (κ1) is 18.0. The standard InChI is InChI=1S/C16H30O2S3/c17-21(18,13-11-19-15-7-3-1-4-8-15)14-12-20-16-9-5-2-6-10-16/h15-16H,1-14H2. The number of rotatable bonds is 8. The molecular formula is C16H30O2S3. The van der Waals surface area contributed by atoms with Crippen molar-refractivity contribution in [3.63, 3.8) is 0 Å². The van der Waals surface area contributed by atoms with Gasteiger partial charge < -0.3 is 0 Å². The fraction of sp³-hybridized carbons (Fsp3) is 1.00. The smallest absolute Gasteiger partial charge is 0.151 e. The van der Waals surface area contributed by atoms with Gasteiger partial charge in [-0.05, 0) is 25.7 Å². The first-order chi connectivity index (χ1) is 10.2. The maximum Gasteiger partial charge on any atom is 0.151 e. The van der Waals surface area contributed by atoms with Crippen molar-refractivity contribution < 1.29 is 8.42 Å². The van der Waals surface area contributed by atoms with Crippen LogP contribution in [0, 0.1) is 0 Å². The lowest BCUT2D eigenvalue weighted by Gasteiger charge is -2.21. The average Bonchev–Trinajstić information content (AvgIpc) is 2.49. The van der Waals surface area contributed by atoms with E-state index >= 15 is 0 Å². The number of hydrogen-bond donors (Lipinski definition) is 0. The van der Waals surface area contributed by atoms with Gasteiger partial charge in [0.05, 0.1) is 11.5 Å². The van der Waals surface area contributed by atoms with Crippen molar-refractivity contribution in [2.45, 2.75) is 74.7 Å². The molecule has 2 rings (SSSR count). The van der Waals surface area contributed by atoms with E-state index in [4.69, 9.17) is 0 Å². The molecule has 0 aromatic carbocycles. The molecule has 0 radical (unpaired) electrons. The van der Waals surface area contributed by atoms with Gasteiger partial charge in [-0.3, -0.25) is 0 Å². The SMILES string of the molecule is O=S(=O)(CCSC1CCCCC1)CCSC1CCCCC1. The van der Waals surface area contributed by atoms with Crippen molar-refractivity contribution in [1.82, 2.24) is 0 Å². The second-order valence-electron chi connectivity index (χ2n) is 6.41. The minimum atomic E-state index is -2.82. The summed E-state index contributed by atoms with van der Waals surface area (Å²) >= 11 is 3.80. The Labute approximate surface area is 139 Å². The van der Waals surface area contributed by atoms with Gasteiger partial charge in [0.1, 0.15) is 0 Å². The molecule has 0 saturated heterocycles. The molecule has 0 N–H and O–H groups in total. The lowest BCUT2D eigenvalue weighted by molar-refractivity contribution is 0.516. The predicted octanol–water partition coefficient (Wildman–Crippen LogP) is 4.53. The first-order valence-electron chi connectivity index (χ1n) is 8.59. The third-order valence-corrected chi connectivity index (χ3v) is 9.53. The second kappa shape index (κ2) is 9.71. The summed E-state index contributed by atoms with van der Waals surface area (Å²) in [4.78, 5) is 0. The van der Waals surface area contributed by atoms with Crippen LogP contribution in [0.4, 0.5) is 0 Å². The van der Waals surface area contributed by atoms with E-state index in [1.165, 1.54) is 64.2 Å². The Hall–Kier alpha value is 0.650. The van der Waals surface area contributed by atoms with Gasteiger partial charge in [-0.25, -0.2) is 8.42 Å². The number of thioether (sulfide) groups is 2. The Kier molecular flexibility index (Phi) is 8.32. The quantitative estimate of drug-likeness (QED) is 0.644. The summed E-state index contributed by atoms with van der Waals surface area (Å²) in [5, 5.41) is 1.45. The molecule has 2 saturated carbocycles. The van der Waals surface area contributed by atoms with Crippen LogP contribution in [0.25, 0.3) is 0 Å². The van der Waals surface area contributed by atoms with E-state index in [1.54, 1.807) is 0 Å². The zero-order valence-electron chi connectivity index (χ0n) is 13.1. The molecule has 0 amide bonds. The lowest BCUT2D eigenvalue weighted by atomic mass is 10.0. The number of hydrogen-bond acceptors (Lipinski definition) is 4. The van der Waals surface area contributed by atoms with Gasteiger partial charge in [-0.1, -0.05) is 38.5 Å². The third-order valence-electron chi connectivity index (χ3n) is 4.60. The van der Waals surface area contributed by atoms with E-state index in [-0.39, 0.29) is 0 Å². The van der Waals surface area contributed by atoms with Gasteiger partial charge in [0.2, 0.25) is 0 Å². The summed E-state index contributed by atoms with van der Waals surface area (Å²) < 4.78 is 24.2. The normalized spacial score (nSPS) is 22.5. The highest BCUT2D eigenvalue weighted by Gasteiger charge is 2.18. The van der Waals surface area contributed by atoms with Gasteiger partial charge >= 0.3 is 0 Å². The molecule has 0 aliphatic heterocycles. The van der Waals surface area contributed by atoms with Crippen molar-refractivity contribution in [3.8, 4) is 0 Å². The van der Waals surface area contributed by atoms with Crippen LogP contribution < -0.4 is 0 Å². The van der Waals surface area contributed by atoms with Gasteiger partial charge in [-0.2, -0.15) is 23.5 Å². The van der Waals surface area contributed by atoms with Crippen molar-refractivity contribution in [1.29, 1.82) is 0 Å². The van der Waals surface area contributed by atoms with E-state index in [9.17, 15) is 8.42 Å². The Bertz CT molecular complexity index is 339. The van der Waals surface area contributed by atoms with E-state index in [1.807, 2.05) is 23.5 Å².